The van der Waals surface area contributed by atoms with E-state index in [1.54, 1.807) is 0 Å². The van der Waals surface area contributed by atoms with Gasteiger partial charge in [0.2, 0.25) is 0 Å². The minimum absolute atomic E-state index is 0.547. The van der Waals surface area contributed by atoms with Crippen LogP contribution in [-0.2, 0) is 4.79 Å². The summed E-state index contributed by atoms with van der Waals surface area (Å²) < 4.78 is 11.4. The number of ether oxygens (including phenoxy) is 2. The van der Waals surface area contributed by atoms with Gasteiger partial charge in [0.15, 0.2) is 11.5 Å². The molecule has 1 saturated carbocycles. The SMILES string of the molecule is CCOc1cccc(C=CC(=O)O)c1OCCC1CC1. The van der Waals surface area contributed by atoms with Gasteiger partial charge in [-0.25, -0.2) is 4.79 Å². The summed E-state index contributed by atoms with van der Waals surface area (Å²) in [7, 11) is 0. The second-order valence-corrected chi connectivity index (χ2v) is 4.86. The molecule has 0 saturated heterocycles. The van der Waals surface area contributed by atoms with E-state index in [-0.39, 0.29) is 0 Å². The first-order valence-electron chi connectivity index (χ1n) is 7.00. The lowest BCUT2D eigenvalue weighted by Gasteiger charge is -2.14. The zero-order valence-corrected chi connectivity index (χ0v) is 11.7. The van der Waals surface area contributed by atoms with Gasteiger partial charge in [-0.1, -0.05) is 25.0 Å². The van der Waals surface area contributed by atoms with Crippen molar-refractivity contribution in [1.82, 2.24) is 0 Å². The maximum Gasteiger partial charge on any atom is 0.328 e. The van der Waals surface area contributed by atoms with Crippen molar-refractivity contribution < 1.29 is 19.4 Å². The molecular formula is C16H20O4. The molecule has 0 aliphatic heterocycles. The Kier molecular flexibility index (Phi) is 5.04. The lowest BCUT2D eigenvalue weighted by Crippen LogP contribution is -2.03. The van der Waals surface area contributed by atoms with Crippen molar-refractivity contribution >= 4 is 12.0 Å². The maximum atomic E-state index is 10.6. The number of hydrogen-bond donors (Lipinski definition) is 1. The second kappa shape index (κ2) is 6.98. The van der Waals surface area contributed by atoms with Crippen LogP contribution in [0.25, 0.3) is 6.08 Å². The Hall–Kier alpha value is -1.97. The molecule has 0 spiro atoms. The van der Waals surface area contributed by atoms with Gasteiger partial charge in [0.1, 0.15) is 0 Å². The Morgan fingerprint density at radius 3 is 2.85 bits per heavy atom. The molecule has 20 heavy (non-hydrogen) atoms. The van der Waals surface area contributed by atoms with Crippen molar-refractivity contribution in [2.45, 2.75) is 26.2 Å². The van der Waals surface area contributed by atoms with Crippen LogP contribution in [0, 0.1) is 5.92 Å². The molecular weight excluding hydrogens is 256 g/mol. The summed E-state index contributed by atoms with van der Waals surface area (Å²) in [6.45, 7) is 3.10. The van der Waals surface area contributed by atoms with Crippen LogP contribution in [0.1, 0.15) is 31.7 Å². The topological polar surface area (TPSA) is 55.8 Å². The van der Waals surface area contributed by atoms with Crippen molar-refractivity contribution in [3.63, 3.8) is 0 Å². The molecule has 4 heteroatoms. The third-order valence-corrected chi connectivity index (χ3v) is 3.18. The molecule has 4 nitrogen and oxygen atoms in total. The molecule has 1 aromatic rings. The Bertz CT molecular complexity index is 489. The first-order chi connectivity index (χ1) is 9.70. The zero-order chi connectivity index (χ0) is 14.4. The van der Waals surface area contributed by atoms with Gasteiger partial charge in [0.05, 0.1) is 13.2 Å². The summed E-state index contributed by atoms with van der Waals surface area (Å²) in [4.78, 5) is 10.6. The molecule has 2 rings (SSSR count). The monoisotopic (exact) mass is 276 g/mol. The predicted octanol–water partition coefficient (Wildman–Crippen LogP) is 3.36. The summed E-state index contributed by atoms with van der Waals surface area (Å²) in [6.07, 6.45) is 6.28. The van der Waals surface area contributed by atoms with Crippen LogP contribution in [0.5, 0.6) is 11.5 Å². The van der Waals surface area contributed by atoms with E-state index < -0.39 is 5.97 Å². The molecule has 0 radical (unpaired) electrons. The highest BCUT2D eigenvalue weighted by Gasteiger charge is 2.21. The predicted molar refractivity (Wildman–Crippen MR) is 77.1 cm³/mol. The molecule has 108 valence electrons. The van der Waals surface area contributed by atoms with E-state index >= 15 is 0 Å². The zero-order valence-electron chi connectivity index (χ0n) is 11.7. The molecule has 0 bridgehead atoms. The van der Waals surface area contributed by atoms with Gasteiger partial charge in [-0.05, 0) is 31.4 Å². The van der Waals surface area contributed by atoms with Crippen LogP contribution in [0.3, 0.4) is 0 Å². The van der Waals surface area contributed by atoms with E-state index in [0.29, 0.717) is 24.7 Å². The van der Waals surface area contributed by atoms with Gasteiger partial charge in [-0.2, -0.15) is 0 Å². The first kappa shape index (κ1) is 14.4. The van der Waals surface area contributed by atoms with E-state index in [2.05, 4.69) is 0 Å². The van der Waals surface area contributed by atoms with Gasteiger partial charge in [-0.3, -0.25) is 0 Å². The largest absolute Gasteiger partial charge is 0.490 e. The number of carbonyl (C=O) groups is 1. The molecule has 1 aromatic carbocycles. The van der Waals surface area contributed by atoms with E-state index in [4.69, 9.17) is 14.6 Å². The summed E-state index contributed by atoms with van der Waals surface area (Å²) >= 11 is 0. The molecule has 0 atom stereocenters. The van der Waals surface area contributed by atoms with Gasteiger partial charge in [-0.15, -0.1) is 0 Å². The highest BCUT2D eigenvalue weighted by molar-refractivity contribution is 5.86. The average molecular weight is 276 g/mol. The van der Waals surface area contributed by atoms with E-state index in [0.717, 1.165) is 24.0 Å². The highest BCUT2D eigenvalue weighted by Crippen LogP contribution is 2.35. The number of hydrogen-bond acceptors (Lipinski definition) is 3. The van der Waals surface area contributed by atoms with Crippen molar-refractivity contribution in [2.75, 3.05) is 13.2 Å². The van der Waals surface area contributed by atoms with Crippen LogP contribution in [0.4, 0.5) is 0 Å². The highest BCUT2D eigenvalue weighted by atomic mass is 16.5. The lowest BCUT2D eigenvalue weighted by molar-refractivity contribution is -0.131. The Morgan fingerprint density at radius 2 is 2.20 bits per heavy atom. The molecule has 1 fully saturated rings. The van der Waals surface area contributed by atoms with Crippen LogP contribution >= 0.6 is 0 Å². The quantitative estimate of drug-likeness (QED) is 0.740. The summed E-state index contributed by atoms with van der Waals surface area (Å²) in [6, 6.07) is 5.50. The minimum Gasteiger partial charge on any atom is -0.490 e. The standard InChI is InChI=1S/C16H20O4/c1-2-19-14-5-3-4-13(8-9-15(17)18)16(14)20-11-10-12-6-7-12/h3-5,8-9,12H,2,6-7,10-11H2,1H3,(H,17,18). The molecule has 1 aliphatic carbocycles. The minimum atomic E-state index is -0.976. The summed E-state index contributed by atoms with van der Waals surface area (Å²) in [5, 5.41) is 8.74. The van der Waals surface area contributed by atoms with Crippen LogP contribution in [0.15, 0.2) is 24.3 Å². The lowest BCUT2D eigenvalue weighted by atomic mass is 10.1. The van der Waals surface area contributed by atoms with Gasteiger partial charge >= 0.3 is 5.97 Å². The van der Waals surface area contributed by atoms with Crippen LogP contribution in [-0.4, -0.2) is 24.3 Å². The Morgan fingerprint density at radius 1 is 1.40 bits per heavy atom. The normalized spacial score (nSPS) is 14.4. The Labute approximate surface area is 119 Å². The molecule has 0 aromatic heterocycles. The van der Waals surface area contributed by atoms with Gasteiger partial charge in [0.25, 0.3) is 0 Å². The van der Waals surface area contributed by atoms with Gasteiger partial charge in [0, 0.05) is 11.6 Å². The first-order valence-corrected chi connectivity index (χ1v) is 7.00. The fourth-order valence-corrected chi connectivity index (χ4v) is 1.98. The smallest absolute Gasteiger partial charge is 0.328 e. The van der Waals surface area contributed by atoms with Crippen LogP contribution in [0.2, 0.25) is 0 Å². The molecule has 0 unspecified atom stereocenters. The molecule has 1 N–H and O–H groups in total. The number of benzene rings is 1. The molecule has 0 amide bonds. The van der Waals surface area contributed by atoms with E-state index in [1.165, 1.54) is 18.9 Å². The number of carboxylic acids is 1. The fourth-order valence-electron chi connectivity index (χ4n) is 1.98. The number of carboxylic acid groups (broad SMARTS) is 1. The molecule has 0 heterocycles. The number of para-hydroxylation sites is 1. The van der Waals surface area contributed by atoms with Crippen molar-refractivity contribution in [2.24, 2.45) is 5.92 Å². The van der Waals surface area contributed by atoms with Gasteiger partial charge < -0.3 is 14.6 Å². The van der Waals surface area contributed by atoms with Crippen LogP contribution < -0.4 is 9.47 Å². The summed E-state index contributed by atoms with van der Waals surface area (Å²) in [5.74, 6) is 1.12. The number of rotatable bonds is 8. The van der Waals surface area contributed by atoms with Crippen molar-refractivity contribution in [3.8, 4) is 11.5 Å². The molecule has 1 aliphatic rings. The maximum absolute atomic E-state index is 10.6. The fraction of sp³-hybridized carbons (Fsp3) is 0.438. The third-order valence-electron chi connectivity index (χ3n) is 3.18. The van der Waals surface area contributed by atoms with E-state index in [9.17, 15) is 4.79 Å². The summed E-state index contributed by atoms with van der Waals surface area (Å²) in [5.41, 5.74) is 0.731. The van der Waals surface area contributed by atoms with Crippen molar-refractivity contribution in [3.05, 3.63) is 29.8 Å². The number of aliphatic carboxylic acids is 1. The average Bonchev–Trinajstić information content (AvgIpc) is 3.23. The van der Waals surface area contributed by atoms with Crippen molar-refractivity contribution in [1.29, 1.82) is 0 Å². The second-order valence-electron chi connectivity index (χ2n) is 4.86. The van der Waals surface area contributed by atoms with E-state index in [1.807, 2.05) is 25.1 Å². The Balaban J connectivity index is 2.14. The third kappa shape index (κ3) is 4.30.